The Morgan fingerprint density at radius 2 is 2.00 bits per heavy atom. The normalized spacial score (nSPS) is 12.4. The van der Waals surface area contributed by atoms with Gasteiger partial charge in [0.25, 0.3) is 0 Å². The lowest BCUT2D eigenvalue weighted by Gasteiger charge is -2.08. The number of aliphatic hydroxyl groups is 1. The Morgan fingerprint density at radius 3 is 2.63 bits per heavy atom. The number of hydrogen-bond acceptors (Lipinski definition) is 2. The fraction of sp³-hybridized carbons (Fsp3) is 0.250. The molecule has 100 valence electrons. The van der Waals surface area contributed by atoms with Crippen LogP contribution in [0.1, 0.15) is 29.7 Å². The maximum absolute atomic E-state index is 13.9. The molecule has 0 aliphatic rings. The van der Waals surface area contributed by atoms with Crippen LogP contribution in [-0.4, -0.2) is 5.11 Å². The standard InChI is InChI=1S/C16H17FOS/c1-11-4-3-5-13(8-11)10-19-16-7-6-14(12(2)18)9-15(16)17/h3-9,12,18H,10H2,1-2H3/t12-/m0/s1. The number of rotatable bonds is 4. The summed E-state index contributed by atoms with van der Waals surface area (Å²) in [6.07, 6.45) is -0.634. The highest BCUT2D eigenvalue weighted by atomic mass is 32.2. The first kappa shape index (κ1) is 14.1. The van der Waals surface area contributed by atoms with E-state index in [9.17, 15) is 9.50 Å². The summed E-state index contributed by atoms with van der Waals surface area (Å²) in [5.41, 5.74) is 3.00. The topological polar surface area (TPSA) is 20.2 Å². The van der Waals surface area contributed by atoms with E-state index in [-0.39, 0.29) is 5.82 Å². The first-order chi connectivity index (χ1) is 9.06. The van der Waals surface area contributed by atoms with Crippen LogP contribution in [0.5, 0.6) is 0 Å². The van der Waals surface area contributed by atoms with E-state index in [2.05, 4.69) is 6.07 Å². The Balaban J connectivity index is 2.07. The third-order valence-electron chi connectivity index (χ3n) is 2.92. The molecule has 0 saturated carbocycles. The van der Waals surface area contributed by atoms with E-state index in [4.69, 9.17) is 0 Å². The van der Waals surface area contributed by atoms with Gasteiger partial charge in [0.15, 0.2) is 0 Å². The fourth-order valence-corrected chi connectivity index (χ4v) is 2.72. The summed E-state index contributed by atoms with van der Waals surface area (Å²) in [6, 6.07) is 13.1. The smallest absolute Gasteiger partial charge is 0.137 e. The van der Waals surface area contributed by atoms with Crippen molar-refractivity contribution in [3.8, 4) is 0 Å². The fourth-order valence-electron chi connectivity index (χ4n) is 1.86. The molecule has 2 aromatic rings. The van der Waals surface area contributed by atoms with E-state index < -0.39 is 6.10 Å². The van der Waals surface area contributed by atoms with Crippen molar-refractivity contribution in [1.29, 1.82) is 0 Å². The minimum absolute atomic E-state index is 0.268. The zero-order valence-electron chi connectivity index (χ0n) is 11.1. The molecule has 0 heterocycles. The second-order valence-electron chi connectivity index (χ2n) is 4.64. The number of hydrogen-bond donors (Lipinski definition) is 1. The summed E-state index contributed by atoms with van der Waals surface area (Å²) >= 11 is 1.47. The van der Waals surface area contributed by atoms with Gasteiger partial charge < -0.3 is 5.11 Å². The lowest BCUT2D eigenvalue weighted by atomic mass is 10.1. The minimum atomic E-state index is -0.634. The second-order valence-corrected chi connectivity index (χ2v) is 5.66. The summed E-state index contributed by atoms with van der Waals surface area (Å²) in [5, 5.41) is 9.40. The molecule has 0 saturated heterocycles. The van der Waals surface area contributed by atoms with Gasteiger partial charge in [-0.05, 0) is 37.1 Å². The Kier molecular flexibility index (Phi) is 4.61. The van der Waals surface area contributed by atoms with Gasteiger partial charge in [-0.25, -0.2) is 4.39 Å². The lowest BCUT2D eigenvalue weighted by molar-refractivity contribution is 0.198. The molecule has 2 aromatic carbocycles. The van der Waals surface area contributed by atoms with Crippen LogP contribution in [0.25, 0.3) is 0 Å². The molecule has 0 aromatic heterocycles. The summed E-state index contributed by atoms with van der Waals surface area (Å²) in [6.45, 7) is 3.68. The third-order valence-corrected chi connectivity index (χ3v) is 4.03. The van der Waals surface area contributed by atoms with E-state index >= 15 is 0 Å². The van der Waals surface area contributed by atoms with Crippen molar-refractivity contribution in [2.45, 2.75) is 30.6 Å². The van der Waals surface area contributed by atoms with Crippen molar-refractivity contribution >= 4 is 11.8 Å². The molecular formula is C16H17FOS. The predicted molar refractivity (Wildman–Crippen MR) is 77.8 cm³/mol. The molecule has 0 radical (unpaired) electrons. The molecule has 19 heavy (non-hydrogen) atoms. The van der Waals surface area contributed by atoms with Crippen molar-refractivity contribution < 1.29 is 9.50 Å². The van der Waals surface area contributed by atoms with Crippen LogP contribution in [-0.2, 0) is 5.75 Å². The van der Waals surface area contributed by atoms with Crippen molar-refractivity contribution in [3.05, 3.63) is 65.0 Å². The van der Waals surface area contributed by atoms with Gasteiger partial charge in [0.2, 0.25) is 0 Å². The van der Waals surface area contributed by atoms with Gasteiger partial charge in [-0.3, -0.25) is 0 Å². The third kappa shape index (κ3) is 3.82. The van der Waals surface area contributed by atoms with Crippen molar-refractivity contribution in [3.63, 3.8) is 0 Å². The molecule has 0 aliphatic heterocycles. The maximum Gasteiger partial charge on any atom is 0.137 e. The predicted octanol–water partition coefficient (Wildman–Crippen LogP) is 4.48. The first-order valence-electron chi connectivity index (χ1n) is 6.22. The SMILES string of the molecule is Cc1cccc(CSc2ccc([C@H](C)O)cc2F)c1. The highest BCUT2D eigenvalue weighted by Crippen LogP contribution is 2.27. The van der Waals surface area contributed by atoms with Crippen LogP contribution in [0.3, 0.4) is 0 Å². The lowest BCUT2D eigenvalue weighted by Crippen LogP contribution is -1.93. The quantitative estimate of drug-likeness (QED) is 0.831. The van der Waals surface area contributed by atoms with Crippen LogP contribution in [0.4, 0.5) is 4.39 Å². The van der Waals surface area contributed by atoms with E-state index in [1.165, 1.54) is 29.0 Å². The molecule has 1 N–H and O–H groups in total. The summed E-state index contributed by atoms with van der Waals surface area (Å²) < 4.78 is 13.9. The number of halogens is 1. The van der Waals surface area contributed by atoms with E-state index in [1.54, 1.807) is 19.1 Å². The van der Waals surface area contributed by atoms with Gasteiger partial charge in [0, 0.05) is 10.6 Å². The van der Waals surface area contributed by atoms with Crippen LogP contribution < -0.4 is 0 Å². The Hall–Kier alpha value is -1.32. The molecule has 1 atom stereocenters. The molecule has 0 aliphatic carbocycles. The molecule has 1 nitrogen and oxygen atoms in total. The second kappa shape index (κ2) is 6.22. The zero-order valence-corrected chi connectivity index (χ0v) is 11.9. The van der Waals surface area contributed by atoms with Gasteiger partial charge in [0.1, 0.15) is 5.82 Å². The molecule has 0 fully saturated rings. The van der Waals surface area contributed by atoms with E-state index in [0.717, 1.165) is 5.75 Å². The molecule has 0 spiro atoms. The zero-order chi connectivity index (χ0) is 13.8. The molecule has 0 bridgehead atoms. The molecule has 3 heteroatoms. The average molecular weight is 276 g/mol. The van der Waals surface area contributed by atoms with E-state index in [0.29, 0.717) is 10.5 Å². The minimum Gasteiger partial charge on any atom is -0.389 e. The maximum atomic E-state index is 13.9. The Bertz CT molecular complexity index is 566. The molecule has 0 amide bonds. The number of aliphatic hydroxyl groups excluding tert-OH is 1. The highest BCUT2D eigenvalue weighted by molar-refractivity contribution is 7.98. The van der Waals surface area contributed by atoms with Gasteiger partial charge in [-0.2, -0.15) is 0 Å². The first-order valence-corrected chi connectivity index (χ1v) is 7.20. The highest BCUT2D eigenvalue weighted by Gasteiger charge is 2.07. The van der Waals surface area contributed by atoms with Crippen LogP contribution in [0.2, 0.25) is 0 Å². The molecule has 2 rings (SSSR count). The monoisotopic (exact) mass is 276 g/mol. The Labute approximate surface area is 117 Å². The van der Waals surface area contributed by atoms with Gasteiger partial charge in [0.05, 0.1) is 6.10 Å². The van der Waals surface area contributed by atoms with Gasteiger partial charge in [-0.1, -0.05) is 35.9 Å². The van der Waals surface area contributed by atoms with Crippen molar-refractivity contribution in [2.75, 3.05) is 0 Å². The van der Waals surface area contributed by atoms with Crippen molar-refractivity contribution in [2.24, 2.45) is 0 Å². The summed E-state index contributed by atoms with van der Waals surface area (Å²) in [5.74, 6) is 0.475. The molecule has 0 unspecified atom stereocenters. The van der Waals surface area contributed by atoms with Crippen LogP contribution in [0, 0.1) is 12.7 Å². The van der Waals surface area contributed by atoms with Crippen molar-refractivity contribution in [1.82, 2.24) is 0 Å². The molecular weight excluding hydrogens is 259 g/mol. The van der Waals surface area contributed by atoms with Gasteiger partial charge in [-0.15, -0.1) is 11.8 Å². The van der Waals surface area contributed by atoms with Crippen LogP contribution in [0.15, 0.2) is 47.4 Å². The summed E-state index contributed by atoms with van der Waals surface area (Å²) in [7, 11) is 0. The number of aryl methyl sites for hydroxylation is 1. The average Bonchev–Trinajstić information content (AvgIpc) is 2.37. The number of benzene rings is 2. The van der Waals surface area contributed by atoms with E-state index in [1.807, 2.05) is 25.1 Å². The largest absolute Gasteiger partial charge is 0.389 e. The summed E-state index contributed by atoms with van der Waals surface area (Å²) in [4.78, 5) is 0.617. The van der Waals surface area contributed by atoms with Gasteiger partial charge >= 0.3 is 0 Å². The Morgan fingerprint density at radius 1 is 1.21 bits per heavy atom. The number of thioether (sulfide) groups is 1. The van der Waals surface area contributed by atoms with Crippen LogP contribution >= 0.6 is 11.8 Å².